The fourth-order valence-electron chi connectivity index (χ4n) is 1.80. The minimum absolute atomic E-state index is 0.102. The number of oxime groups is 1. The number of hydrogen-bond acceptors (Lipinski definition) is 8. The van der Waals surface area contributed by atoms with Gasteiger partial charge in [0.05, 0.1) is 6.54 Å². The molecule has 22 heavy (non-hydrogen) atoms. The van der Waals surface area contributed by atoms with Crippen LogP contribution < -0.4 is 11.1 Å². The van der Waals surface area contributed by atoms with Crippen molar-refractivity contribution in [3.05, 3.63) is 11.1 Å². The van der Waals surface area contributed by atoms with Crippen LogP contribution in [0, 0.1) is 0 Å². The predicted octanol–water partition coefficient (Wildman–Crippen LogP) is -0.905. The zero-order chi connectivity index (χ0) is 16.3. The first-order valence-electron chi connectivity index (χ1n) is 5.98. The number of rotatable bonds is 6. The van der Waals surface area contributed by atoms with Gasteiger partial charge in [-0.1, -0.05) is 5.16 Å². The number of carbonyl (C=O) groups excluding carboxylic acids is 2. The van der Waals surface area contributed by atoms with E-state index in [4.69, 9.17) is 10.6 Å². The second-order valence-corrected chi connectivity index (χ2v) is 6.15. The van der Waals surface area contributed by atoms with Crippen molar-refractivity contribution in [1.29, 1.82) is 0 Å². The zero-order valence-electron chi connectivity index (χ0n) is 11.4. The van der Waals surface area contributed by atoms with E-state index in [9.17, 15) is 14.2 Å². The second kappa shape index (κ2) is 6.77. The van der Waals surface area contributed by atoms with Crippen LogP contribution >= 0.6 is 19.4 Å². The van der Waals surface area contributed by atoms with Crippen molar-refractivity contribution in [2.75, 3.05) is 25.7 Å². The summed E-state index contributed by atoms with van der Waals surface area (Å²) in [4.78, 5) is 42.3. The lowest BCUT2D eigenvalue weighted by Crippen LogP contribution is -2.64. The minimum atomic E-state index is -2.44. The molecule has 0 aromatic carbocycles. The summed E-state index contributed by atoms with van der Waals surface area (Å²) in [5.74, 6) is -1.07. The molecule has 2 rings (SSSR count). The maximum atomic E-state index is 12.1. The molecule has 2 atom stereocenters. The molecule has 2 heterocycles. The highest BCUT2D eigenvalue weighted by atomic mass is 32.1. The number of amides is 2. The van der Waals surface area contributed by atoms with Crippen molar-refractivity contribution in [1.82, 2.24) is 15.2 Å². The Bertz CT molecular complexity index is 647. The van der Waals surface area contributed by atoms with E-state index in [0.29, 0.717) is 0 Å². The van der Waals surface area contributed by atoms with E-state index in [2.05, 4.69) is 20.3 Å². The van der Waals surface area contributed by atoms with E-state index in [1.165, 1.54) is 17.4 Å². The Kier molecular flexibility index (Phi) is 5.01. The first-order valence-corrected chi connectivity index (χ1v) is 8.25. The molecule has 4 N–H and O–H groups in total. The molecule has 0 bridgehead atoms. The quantitative estimate of drug-likeness (QED) is 0.261. The Morgan fingerprint density at radius 1 is 1.77 bits per heavy atom. The van der Waals surface area contributed by atoms with Crippen molar-refractivity contribution in [2.24, 2.45) is 5.16 Å². The molecule has 0 aliphatic carbocycles. The Balaban J connectivity index is 2.00. The average molecular weight is 346 g/mol. The Morgan fingerprint density at radius 3 is 3.00 bits per heavy atom. The molecule has 1 aliphatic heterocycles. The summed E-state index contributed by atoms with van der Waals surface area (Å²) in [6, 6.07) is -0.763. The van der Waals surface area contributed by atoms with Gasteiger partial charge in [-0.2, -0.15) is 4.89 Å². The number of nitrogens with zero attached hydrogens (tertiary/aromatic N) is 3. The van der Waals surface area contributed by atoms with Crippen molar-refractivity contribution < 1.29 is 23.9 Å². The summed E-state index contributed by atoms with van der Waals surface area (Å²) in [6.45, 7) is 0.158. The monoisotopic (exact) mass is 346 g/mol. The SMILES string of the molecule is CON=C(C(=O)N[C@H]1CN(C[P+](=O)O)C1=O)c1csc(N)n1. The second-order valence-electron chi connectivity index (χ2n) is 4.27. The number of thiazole rings is 1. The largest absolute Gasteiger partial charge is 0.527 e. The Hall–Kier alpha value is -2.10. The third-order valence-electron chi connectivity index (χ3n) is 2.77. The lowest BCUT2D eigenvalue weighted by molar-refractivity contribution is -0.144. The van der Waals surface area contributed by atoms with Crippen LogP contribution in [0.5, 0.6) is 0 Å². The molecular weight excluding hydrogens is 333 g/mol. The first-order chi connectivity index (χ1) is 10.4. The number of nitrogens with two attached hydrogens (primary N) is 1. The lowest BCUT2D eigenvalue weighted by atomic mass is 10.1. The van der Waals surface area contributed by atoms with Gasteiger partial charge < -0.3 is 15.9 Å². The van der Waals surface area contributed by atoms with Gasteiger partial charge in [-0.05, 0) is 4.57 Å². The molecule has 1 saturated heterocycles. The Morgan fingerprint density at radius 2 is 2.50 bits per heavy atom. The molecule has 0 spiro atoms. The lowest BCUT2D eigenvalue weighted by Gasteiger charge is -2.35. The van der Waals surface area contributed by atoms with E-state index in [1.807, 2.05) is 0 Å². The van der Waals surface area contributed by atoms with E-state index in [0.717, 1.165) is 11.3 Å². The molecule has 12 heteroatoms. The van der Waals surface area contributed by atoms with E-state index < -0.39 is 25.9 Å². The number of nitrogen functional groups attached to an aromatic ring is 1. The smallest absolute Gasteiger partial charge is 0.398 e. The van der Waals surface area contributed by atoms with Crippen LogP contribution in [0.15, 0.2) is 10.5 Å². The van der Waals surface area contributed by atoms with Crippen LogP contribution in [0.4, 0.5) is 5.13 Å². The summed E-state index contributed by atoms with van der Waals surface area (Å²) >= 11 is 1.14. The van der Waals surface area contributed by atoms with Crippen LogP contribution in [0.2, 0.25) is 0 Å². The maximum absolute atomic E-state index is 12.1. The summed E-state index contributed by atoms with van der Waals surface area (Å²) in [7, 11) is -1.16. The van der Waals surface area contributed by atoms with Gasteiger partial charge in [0, 0.05) is 5.38 Å². The van der Waals surface area contributed by atoms with Crippen LogP contribution in [-0.4, -0.2) is 58.3 Å². The van der Waals surface area contributed by atoms with Crippen LogP contribution in [0.3, 0.4) is 0 Å². The topological polar surface area (TPSA) is 147 Å². The van der Waals surface area contributed by atoms with Gasteiger partial charge in [0.2, 0.25) is 5.91 Å². The zero-order valence-corrected chi connectivity index (χ0v) is 13.1. The number of nitrogens with one attached hydrogen (secondary N) is 1. The van der Waals surface area contributed by atoms with Crippen molar-refractivity contribution in [3.8, 4) is 0 Å². The van der Waals surface area contributed by atoms with E-state index in [1.54, 1.807) is 0 Å². The molecule has 1 aromatic heterocycles. The number of anilines is 1. The average Bonchev–Trinajstić information content (AvgIpc) is 2.88. The Labute approximate surface area is 129 Å². The van der Waals surface area contributed by atoms with Gasteiger partial charge in [0.25, 0.3) is 12.2 Å². The van der Waals surface area contributed by atoms with Crippen molar-refractivity contribution >= 4 is 42.0 Å². The standard InChI is InChI=1S/C10H12N5O5PS/c1-20-14-7(6-3-22-10(11)13-6)8(16)12-5-2-15(9(5)17)4-21(18)19/h3,5H,2,4H2,1H3,(H3-,11,12,13,16,18,19)/p+1/t5-/m0/s1. The fourth-order valence-corrected chi connectivity index (χ4v) is 2.89. The van der Waals surface area contributed by atoms with Gasteiger partial charge in [-0.25, -0.2) is 4.98 Å². The summed E-state index contributed by atoms with van der Waals surface area (Å²) in [5, 5.41) is 7.87. The number of aromatic nitrogens is 1. The highest BCUT2D eigenvalue weighted by molar-refractivity contribution is 7.37. The molecular formula is C10H13N5O5PS+. The number of hydrogen-bond donors (Lipinski definition) is 3. The van der Waals surface area contributed by atoms with Gasteiger partial charge in [-0.3, -0.25) is 14.5 Å². The third-order valence-corrected chi connectivity index (χ3v) is 4.03. The minimum Gasteiger partial charge on any atom is -0.398 e. The maximum Gasteiger partial charge on any atom is 0.527 e. The molecule has 0 saturated carbocycles. The first kappa shape index (κ1) is 16.3. The van der Waals surface area contributed by atoms with Crippen molar-refractivity contribution in [2.45, 2.75) is 6.04 Å². The fraction of sp³-hybridized carbons (Fsp3) is 0.400. The number of β-lactam (4-membered cyclic amide) rings is 1. The molecule has 1 aliphatic rings. The van der Waals surface area contributed by atoms with E-state index in [-0.39, 0.29) is 29.4 Å². The number of likely N-dealkylation sites (tertiary alicyclic amines) is 1. The van der Waals surface area contributed by atoms with E-state index >= 15 is 0 Å². The van der Waals surface area contributed by atoms with Crippen LogP contribution in [0.25, 0.3) is 0 Å². The third kappa shape index (κ3) is 3.56. The molecule has 118 valence electrons. The number of carbonyl (C=O) groups is 2. The summed E-state index contributed by atoms with van der Waals surface area (Å²) < 4.78 is 10.7. The van der Waals surface area contributed by atoms with Gasteiger partial charge >= 0.3 is 8.03 Å². The van der Waals surface area contributed by atoms with Crippen molar-refractivity contribution in [3.63, 3.8) is 0 Å². The highest BCUT2D eigenvalue weighted by Gasteiger charge is 2.42. The molecule has 10 nitrogen and oxygen atoms in total. The molecule has 0 radical (unpaired) electrons. The predicted molar refractivity (Wildman–Crippen MR) is 78.4 cm³/mol. The molecule has 1 fully saturated rings. The van der Waals surface area contributed by atoms with Gasteiger partial charge in [0.15, 0.2) is 10.8 Å². The summed E-state index contributed by atoms with van der Waals surface area (Å²) in [5.41, 5.74) is 5.64. The van der Waals surface area contributed by atoms with Crippen LogP contribution in [0.1, 0.15) is 5.69 Å². The summed E-state index contributed by atoms with van der Waals surface area (Å²) in [6.07, 6.45) is -0.248. The van der Waals surface area contributed by atoms with Crippen LogP contribution in [-0.2, 0) is 19.0 Å². The molecule has 1 unspecified atom stereocenters. The molecule has 2 amide bonds. The highest BCUT2D eigenvalue weighted by Crippen LogP contribution is 2.21. The normalized spacial score (nSPS) is 18.7. The molecule has 1 aromatic rings. The van der Waals surface area contributed by atoms with Gasteiger partial charge in [0.1, 0.15) is 18.8 Å². The van der Waals surface area contributed by atoms with Gasteiger partial charge in [-0.15, -0.1) is 11.3 Å².